The summed E-state index contributed by atoms with van der Waals surface area (Å²) in [6, 6.07) is 5.82. The van der Waals surface area contributed by atoms with E-state index in [1.165, 1.54) is 12.8 Å². The molecule has 0 aromatic heterocycles. The molecule has 1 aromatic rings. The van der Waals surface area contributed by atoms with Crippen LogP contribution < -0.4 is 4.90 Å². The number of halogens is 1. The largest absolute Gasteiger partial charge is 0.383 e. The van der Waals surface area contributed by atoms with Crippen LogP contribution in [-0.4, -0.2) is 32.6 Å². The Bertz CT molecular complexity index is 446. The second-order valence-corrected chi connectivity index (χ2v) is 5.52. The number of nitrogens with zero attached hydrogens (tertiary/aromatic N) is 1. The third-order valence-corrected chi connectivity index (χ3v) is 4.00. The molecule has 2 rings (SSSR count). The molecular weight excluding hydrogens is 262 g/mol. The van der Waals surface area contributed by atoms with Crippen LogP contribution >= 0.6 is 11.6 Å². The third-order valence-electron chi connectivity index (χ3n) is 3.76. The Balaban J connectivity index is 2.29. The fourth-order valence-electron chi connectivity index (χ4n) is 2.43. The van der Waals surface area contributed by atoms with Gasteiger partial charge in [0, 0.05) is 36.0 Å². The van der Waals surface area contributed by atoms with Crippen LogP contribution in [0, 0.1) is 5.92 Å². The van der Waals surface area contributed by atoms with Gasteiger partial charge in [0.2, 0.25) is 0 Å². The number of ether oxygens (including phenoxy) is 1. The van der Waals surface area contributed by atoms with Gasteiger partial charge in [0.15, 0.2) is 6.29 Å². The standard InChI is InChI=1S/C15H20ClNO2/c1-11(12-3-4-12)17(7-8-19-2)15-9-14(16)6-5-13(15)10-18/h5-6,9-12H,3-4,7-8H2,1-2H3. The monoisotopic (exact) mass is 281 g/mol. The van der Waals surface area contributed by atoms with Gasteiger partial charge in [0.25, 0.3) is 0 Å². The van der Waals surface area contributed by atoms with E-state index >= 15 is 0 Å². The maximum atomic E-state index is 11.2. The minimum Gasteiger partial charge on any atom is -0.383 e. The van der Waals surface area contributed by atoms with Crippen LogP contribution in [0.15, 0.2) is 18.2 Å². The van der Waals surface area contributed by atoms with Crippen molar-refractivity contribution in [1.82, 2.24) is 0 Å². The van der Waals surface area contributed by atoms with E-state index < -0.39 is 0 Å². The number of hydrogen-bond donors (Lipinski definition) is 0. The Morgan fingerprint density at radius 1 is 1.53 bits per heavy atom. The van der Waals surface area contributed by atoms with Crippen molar-refractivity contribution in [3.05, 3.63) is 28.8 Å². The molecule has 1 unspecified atom stereocenters. The molecule has 0 spiro atoms. The van der Waals surface area contributed by atoms with Gasteiger partial charge < -0.3 is 9.64 Å². The van der Waals surface area contributed by atoms with Crippen molar-refractivity contribution < 1.29 is 9.53 Å². The Kier molecular flexibility index (Phi) is 4.83. The topological polar surface area (TPSA) is 29.5 Å². The van der Waals surface area contributed by atoms with Gasteiger partial charge >= 0.3 is 0 Å². The average molecular weight is 282 g/mol. The molecule has 0 aliphatic heterocycles. The first kappa shape index (κ1) is 14.4. The fraction of sp³-hybridized carbons (Fsp3) is 0.533. The van der Waals surface area contributed by atoms with Gasteiger partial charge in [-0.25, -0.2) is 0 Å². The maximum Gasteiger partial charge on any atom is 0.152 e. The summed E-state index contributed by atoms with van der Waals surface area (Å²) in [4.78, 5) is 13.5. The second kappa shape index (κ2) is 6.40. The molecule has 0 radical (unpaired) electrons. The van der Waals surface area contributed by atoms with E-state index in [0.717, 1.165) is 24.4 Å². The molecule has 0 amide bonds. The zero-order chi connectivity index (χ0) is 13.8. The maximum absolute atomic E-state index is 11.2. The molecule has 3 nitrogen and oxygen atoms in total. The van der Waals surface area contributed by atoms with Crippen LogP contribution in [0.5, 0.6) is 0 Å². The minimum atomic E-state index is 0.410. The first-order valence-corrected chi connectivity index (χ1v) is 7.05. The molecule has 1 aromatic carbocycles. The van der Waals surface area contributed by atoms with E-state index in [-0.39, 0.29) is 0 Å². The summed E-state index contributed by atoms with van der Waals surface area (Å²) in [6.45, 7) is 3.63. The number of aldehydes is 1. The molecule has 4 heteroatoms. The molecule has 0 bridgehead atoms. The lowest BCUT2D eigenvalue weighted by atomic mass is 10.1. The quantitative estimate of drug-likeness (QED) is 0.718. The summed E-state index contributed by atoms with van der Waals surface area (Å²) in [7, 11) is 1.69. The molecule has 19 heavy (non-hydrogen) atoms. The summed E-state index contributed by atoms with van der Waals surface area (Å²) < 4.78 is 5.18. The number of carbonyl (C=O) groups excluding carboxylic acids is 1. The molecule has 1 atom stereocenters. The van der Waals surface area contributed by atoms with E-state index in [2.05, 4.69) is 11.8 Å². The van der Waals surface area contributed by atoms with Crippen molar-refractivity contribution >= 4 is 23.6 Å². The number of anilines is 1. The van der Waals surface area contributed by atoms with Crippen molar-refractivity contribution in [2.24, 2.45) is 5.92 Å². The average Bonchev–Trinajstić information content (AvgIpc) is 3.23. The Labute approximate surface area is 119 Å². The summed E-state index contributed by atoms with van der Waals surface area (Å²) in [5.74, 6) is 0.718. The van der Waals surface area contributed by atoms with Crippen molar-refractivity contribution in [3.8, 4) is 0 Å². The minimum absolute atomic E-state index is 0.410. The van der Waals surface area contributed by atoms with E-state index in [0.29, 0.717) is 23.2 Å². The summed E-state index contributed by atoms with van der Waals surface area (Å²) in [5, 5.41) is 0.658. The molecule has 0 N–H and O–H groups in total. The lowest BCUT2D eigenvalue weighted by Gasteiger charge is -2.32. The fourth-order valence-corrected chi connectivity index (χ4v) is 2.60. The van der Waals surface area contributed by atoms with E-state index in [4.69, 9.17) is 16.3 Å². The Morgan fingerprint density at radius 2 is 2.26 bits per heavy atom. The molecule has 0 saturated heterocycles. The van der Waals surface area contributed by atoms with Gasteiger partial charge in [-0.05, 0) is 43.9 Å². The van der Waals surface area contributed by atoms with Gasteiger partial charge in [-0.2, -0.15) is 0 Å². The highest BCUT2D eigenvalue weighted by Crippen LogP contribution is 2.38. The van der Waals surface area contributed by atoms with Gasteiger partial charge in [-0.3, -0.25) is 4.79 Å². The zero-order valence-electron chi connectivity index (χ0n) is 11.4. The highest BCUT2D eigenvalue weighted by molar-refractivity contribution is 6.31. The predicted octanol–water partition coefficient (Wildman–Crippen LogP) is 3.40. The zero-order valence-corrected chi connectivity index (χ0v) is 12.2. The lowest BCUT2D eigenvalue weighted by molar-refractivity contribution is 0.112. The van der Waals surface area contributed by atoms with Crippen molar-refractivity contribution in [1.29, 1.82) is 0 Å². The number of benzene rings is 1. The van der Waals surface area contributed by atoms with Crippen molar-refractivity contribution in [2.75, 3.05) is 25.2 Å². The third kappa shape index (κ3) is 3.48. The van der Waals surface area contributed by atoms with Crippen LogP contribution in [0.1, 0.15) is 30.1 Å². The van der Waals surface area contributed by atoms with Gasteiger partial charge in [-0.1, -0.05) is 11.6 Å². The van der Waals surface area contributed by atoms with Gasteiger partial charge in [0.05, 0.1) is 6.61 Å². The molecule has 1 aliphatic rings. The van der Waals surface area contributed by atoms with Crippen molar-refractivity contribution in [3.63, 3.8) is 0 Å². The summed E-state index contributed by atoms with van der Waals surface area (Å²) in [5.41, 5.74) is 1.60. The first-order valence-electron chi connectivity index (χ1n) is 6.67. The summed E-state index contributed by atoms with van der Waals surface area (Å²) >= 11 is 6.08. The number of rotatable bonds is 7. The van der Waals surface area contributed by atoms with Crippen LogP contribution in [0.4, 0.5) is 5.69 Å². The Hall–Kier alpha value is -1.06. The van der Waals surface area contributed by atoms with E-state index in [1.807, 2.05) is 6.07 Å². The van der Waals surface area contributed by atoms with E-state index in [1.54, 1.807) is 19.2 Å². The van der Waals surface area contributed by atoms with Gasteiger partial charge in [-0.15, -0.1) is 0 Å². The Morgan fingerprint density at radius 3 is 2.84 bits per heavy atom. The lowest BCUT2D eigenvalue weighted by Crippen LogP contribution is -2.37. The van der Waals surface area contributed by atoms with E-state index in [9.17, 15) is 4.79 Å². The molecule has 104 valence electrons. The van der Waals surface area contributed by atoms with Crippen molar-refractivity contribution in [2.45, 2.75) is 25.8 Å². The number of carbonyl (C=O) groups is 1. The van der Waals surface area contributed by atoms with Crippen LogP contribution in [0.3, 0.4) is 0 Å². The number of methoxy groups -OCH3 is 1. The molecule has 1 fully saturated rings. The predicted molar refractivity (Wildman–Crippen MR) is 78.2 cm³/mol. The van der Waals surface area contributed by atoms with Crippen LogP contribution in [0.25, 0.3) is 0 Å². The summed E-state index contributed by atoms with van der Waals surface area (Å²) in [6.07, 6.45) is 3.42. The van der Waals surface area contributed by atoms with Crippen LogP contribution in [-0.2, 0) is 4.74 Å². The molecule has 1 aliphatic carbocycles. The second-order valence-electron chi connectivity index (χ2n) is 5.09. The molecule has 0 heterocycles. The highest BCUT2D eigenvalue weighted by atomic mass is 35.5. The molecular formula is C15H20ClNO2. The highest BCUT2D eigenvalue weighted by Gasteiger charge is 2.32. The first-order chi connectivity index (χ1) is 9.17. The number of hydrogen-bond acceptors (Lipinski definition) is 3. The smallest absolute Gasteiger partial charge is 0.152 e. The van der Waals surface area contributed by atoms with Gasteiger partial charge in [0.1, 0.15) is 0 Å². The SMILES string of the molecule is COCCN(c1cc(Cl)ccc1C=O)C(C)C1CC1. The van der Waals surface area contributed by atoms with Crippen LogP contribution in [0.2, 0.25) is 5.02 Å². The normalized spacial score (nSPS) is 16.2. The molecule has 1 saturated carbocycles.